The van der Waals surface area contributed by atoms with E-state index in [-0.39, 0.29) is 5.91 Å². The predicted octanol–water partition coefficient (Wildman–Crippen LogP) is 0.940. The molecule has 1 amide bonds. The van der Waals surface area contributed by atoms with Crippen molar-refractivity contribution in [3.05, 3.63) is 24.0 Å². The van der Waals surface area contributed by atoms with Crippen molar-refractivity contribution in [3.8, 4) is 0 Å². The number of H-pyrrole nitrogens is 1. The molecular formula is C12H18N2O3S. The summed E-state index contributed by atoms with van der Waals surface area (Å²) in [5, 5.41) is 0. The van der Waals surface area contributed by atoms with Crippen LogP contribution in [0.1, 0.15) is 25.0 Å². The lowest BCUT2D eigenvalue weighted by atomic mass is 9.83. The second kappa shape index (κ2) is 4.42. The molecule has 1 aromatic heterocycles. The Morgan fingerprint density at radius 3 is 2.56 bits per heavy atom. The van der Waals surface area contributed by atoms with Crippen LogP contribution in [0.3, 0.4) is 0 Å². The summed E-state index contributed by atoms with van der Waals surface area (Å²) >= 11 is 0. The number of amides is 1. The van der Waals surface area contributed by atoms with Crippen molar-refractivity contribution in [1.82, 2.24) is 9.88 Å². The maximum atomic E-state index is 12.4. The van der Waals surface area contributed by atoms with Crippen LogP contribution in [0.15, 0.2) is 18.3 Å². The van der Waals surface area contributed by atoms with Gasteiger partial charge in [-0.25, -0.2) is 8.42 Å². The van der Waals surface area contributed by atoms with Crippen LogP contribution in [-0.4, -0.2) is 42.3 Å². The molecule has 1 aliphatic rings. The van der Waals surface area contributed by atoms with Gasteiger partial charge >= 0.3 is 0 Å². The molecule has 2 rings (SSSR count). The molecule has 0 spiro atoms. The van der Waals surface area contributed by atoms with Crippen molar-refractivity contribution < 1.29 is 13.2 Å². The van der Waals surface area contributed by atoms with Crippen LogP contribution in [0.4, 0.5) is 0 Å². The summed E-state index contributed by atoms with van der Waals surface area (Å²) in [6.07, 6.45) is 4.63. The number of nitrogens with one attached hydrogen (secondary N) is 1. The number of aromatic amines is 1. The number of carbonyl (C=O) groups is 1. The minimum Gasteiger partial charge on any atom is -0.364 e. The average Bonchev–Trinajstić information content (AvgIpc) is 2.65. The lowest BCUT2D eigenvalue weighted by Crippen LogP contribution is -2.56. The van der Waals surface area contributed by atoms with Gasteiger partial charge in [0.05, 0.1) is 6.54 Å². The molecule has 6 heteroatoms. The third-order valence-corrected chi connectivity index (χ3v) is 5.68. The Bertz CT molecular complexity index is 530. The third-order valence-electron chi connectivity index (χ3n) is 3.68. The topological polar surface area (TPSA) is 70.2 Å². The quantitative estimate of drug-likeness (QED) is 0.885. The first-order valence-corrected chi connectivity index (χ1v) is 7.83. The van der Waals surface area contributed by atoms with Crippen LogP contribution in [-0.2, 0) is 21.2 Å². The van der Waals surface area contributed by atoms with Gasteiger partial charge < -0.3 is 9.88 Å². The second-order valence-corrected chi connectivity index (χ2v) is 7.30. The van der Waals surface area contributed by atoms with E-state index in [2.05, 4.69) is 4.98 Å². The van der Waals surface area contributed by atoms with E-state index in [0.717, 1.165) is 18.4 Å². The summed E-state index contributed by atoms with van der Waals surface area (Å²) in [5.41, 5.74) is 0.897. The molecule has 0 saturated heterocycles. The predicted molar refractivity (Wildman–Crippen MR) is 68.7 cm³/mol. The van der Waals surface area contributed by atoms with E-state index in [1.807, 2.05) is 12.1 Å². The zero-order valence-electron chi connectivity index (χ0n) is 10.6. The molecule has 0 aliphatic heterocycles. The van der Waals surface area contributed by atoms with Gasteiger partial charge in [-0.05, 0) is 31.4 Å². The van der Waals surface area contributed by atoms with Gasteiger partial charge in [0, 0.05) is 25.2 Å². The van der Waals surface area contributed by atoms with E-state index >= 15 is 0 Å². The fourth-order valence-electron chi connectivity index (χ4n) is 2.38. The molecule has 0 atom stereocenters. The van der Waals surface area contributed by atoms with E-state index in [1.54, 1.807) is 13.2 Å². The van der Waals surface area contributed by atoms with E-state index in [9.17, 15) is 13.2 Å². The van der Waals surface area contributed by atoms with Gasteiger partial charge in [-0.2, -0.15) is 0 Å². The van der Waals surface area contributed by atoms with Crippen molar-refractivity contribution in [3.63, 3.8) is 0 Å². The number of carbonyl (C=O) groups excluding carboxylic acids is 1. The Morgan fingerprint density at radius 1 is 1.50 bits per heavy atom. The molecule has 0 radical (unpaired) electrons. The van der Waals surface area contributed by atoms with Crippen LogP contribution >= 0.6 is 0 Å². The number of aromatic nitrogens is 1. The summed E-state index contributed by atoms with van der Waals surface area (Å²) in [4.78, 5) is 16.9. The van der Waals surface area contributed by atoms with Crippen molar-refractivity contribution in [2.24, 2.45) is 0 Å². The van der Waals surface area contributed by atoms with E-state index in [1.165, 1.54) is 4.90 Å². The lowest BCUT2D eigenvalue weighted by Gasteiger charge is -2.40. The summed E-state index contributed by atoms with van der Waals surface area (Å²) in [6, 6.07) is 3.72. The monoisotopic (exact) mass is 270 g/mol. The minimum atomic E-state index is -3.35. The smallest absolute Gasteiger partial charge is 0.244 e. The Balaban J connectivity index is 2.15. The van der Waals surface area contributed by atoms with Gasteiger partial charge in [0.2, 0.25) is 5.91 Å². The van der Waals surface area contributed by atoms with Crippen LogP contribution < -0.4 is 0 Å². The van der Waals surface area contributed by atoms with Gasteiger partial charge in [-0.1, -0.05) is 0 Å². The van der Waals surface area contributed by atoms with Gasteiger partial charge in [0.1, 0.15) is 0 Å². The molecule has 5 nitrogen and oxygen atoms in total. The zero-order chi connectivity index (χ0) is 13.4. The second-order valence-electron chi connectivity index (χ2n) is 4.98. The highest BCUT2D eigenvalue weighted by molar-refractivity contribution is 7.93. The Kier molecular flexibility index (Phi) is 3.23. The van der Waals surface area contributed by atoms with Crippen molar-refractivity contribution in [2.45, 2.75) is 30.6 Å². The number of nitrogens with zero attached hydrogens (tertiary/aromatic N) is 1. The van der Waals surface area contributed by atoms with Gasteiger partial charge in [-0.15, -0.1) is 0 Å². The highest BCUT2D eigenvalue weighted by Gasteiger charge is 2.53. The molecule has 1 aromatic rings. The fraction of sp³-hybridized carbons (Fsp3) is 0.583. The minimum absolute atomic E-state index is 0.286. The molecule has 1 heterocycles. The zero-order valence-corrected chi connectivity index (χ0v) is 11.5. The summed E-state index contributed by atoms with van der Waals surface area (Å²) in [6.45, 7) is 0.406. The largest absolute Gasteiger partial charge is 0.364 e. The molecule has 1 fully saturated rings. The number of sulfone groups is 1. The molecule has 0 unspecified atom stereocenters. The summed E-state index contributed by atoms with van der Waals surface area (Å²) in [7, 11) is -1.71. The highest BCUT2D eigenvalue weighted by atomic mass is 32.2. The van der Waals surface area contributed by atoms with Crippen LogP contribution in [0.25, 0.3) is 0 Å². The number of rotatable bonds is 4. The van der Waals surface area contributed by atoms with Crippen molar-refractivity contribution in [2.75, 3.05) is 13.3 Å². The standard InChI is InChI=1S/C12H18N2O3S/c1-14(9-10-5-3-8-13-10)11(15)12(6-4-7-12)18(2,16)17/h3,5,8,13H,4,6-7,9H2,1-2H3. The molecule has 18 heavy (non-hydrogen) atoms. The van der Waals surface area contributed by atoms with Crippen molar-refractivity contribution in [1.29, 1.82) is 0 Å². The Labute approximate surface area is 107 Å². The maximum absolute atomic E-state index is 12.4. The number of hydrogen-bond acceptors (Lipinski definition) is 3. The SMILES string of the molecule is CN(Cc1ccc[nH]1)C(=O)C1(S(C)(=O)=O)CCC1. The van der Waals surface area contributed by atoms with Gasteiger partial charge in [-0.3, -0.25) is 4.79 Å². The van der Waals surface area contributed by atoms with Gasteiger partial charge in [0.25, 0.3) is 0 Å². The van der Waals surface area contributed by atoms with E-state index < -0.39 is 14.6 Å². The first-order valence-electron chi connectivity index (χ1n) is 5.94. The van der Waals surface area contributed by atoms with Crippen LogP contribution in [0, 0.1) is 0 Å². The molecule has 0 aromatic carbocycles. The highest BCUT2D eigenvalue weighted by Crippen LogP contribution is 2.40. The first-order chi connectivity index (χ1) is 8.37. The molecule has 0 bridgehead atoms. The molecular weight excluding hydrogens is 252 g/mol. The third kappa shape index (κ3) is 2.05. The maximum Gasteiger partial charge on any atom is 0.244 e. The van der Waals surface area contributed by atoms with Crippen molar-refractivity contribution >= 4 is 15.7 Å². The van der Waals surface area contributed by atoms with E-state index in [4.69, 9.17) is 0 Å². The van der Waals surface area contributed by atoms with E-state index in [0.29, 0.717) is 19.4 Å². The lowest BCUT2D eigenvalue weighted by molar-refractivity contribution is -0.135. The van der Waals surface area contributed by atoms with Gasteiger partial charge in [0.15, 0.2) is 14.6 Å². The summed E-state index contributed by atoms with van der Waals surface area (Å²) in [5.74, 6) is -0.286. The normalized spacial score (nSPS) is 18.1. The average molecular weight is 270 g/mol. The fourth-order valence-corrected chi connectivity index (χ4v) is 3.89. The molecule has 100 valence electrons. The Hall–Kier alpha value is -1.30. The summed E-state index contributed by atoms with van der Waals surface area (Å²) < 4.78 is 22.5. The molecule has 1 saturated carbocycles. The van der Waals surface area contributed by atoms with Crippen LogP contribution in [0.2, 0.25) is 0 Å². The van der Waals surface area contributed by atoms with Crippen LogP contribution in [0.5, 0.6) is 0 Å². The molecule has 1 N–H and O–H groups in total. The molecule has 1 aliphatic carbocycles. The number of hydrogen-bond donors (Lipinski definition) is 1. The first kappa shape index (κ1) is 13.1. The Morgan fingerprint density at radius 2 is 2.17 bits per heavy atom.